The molecule has 5 heteroatoms. The molecule has 0 fully saturated rings. The SMILES string of the molecule is CC/C=C\C1=C(C)CC(O)[C@@H]1NCCCNC(=O)OC(C)(C)C. The minimum absolute atomic E-state index is 0.0145. The second-order valence-corrected chi connectivity index (χ2v) is 7.03. The second-order valence-electron chi connectivity index (χ2n) is 7.03. The van der Waals surface area contributed by atoms with E-state index in [-0.39, 0.29) is 18.2 Å². The van der Waals surface area contributed by atoms with Crippen LogP contribution in [0, 0.1) is 0 Å². The molecule has 1 unspecified atom stereocenters. The van der Waals surface area contributed by atoms with Gasteiger partial charge >= 0.3 is 6.09 Å². The predicted molar refractivity (Wildman–Crippen MR) is 93.4 cm³/mol. The highest BCUT2D eigenvalue weighted by Gasteiger charge is 2.29. The van der Waals surface area contributed by atoms with Crippen molar-refractivity contribution >= 4 is 6.09 Å². The van der Waals surface area contributed by atoms with E-state index in [2.05, 4.69) is 36.6 Å². The van der Waals surface area contributed by atoms with Gasteiger partial charge in [-0.2, -0.15) is 0 Å². The summed E-state index contributed by atoms with van der Waals surface area (Å²) in [6.07, 6.45) is 5.96. The van der Waals surface area contributed by atoms with Gasteiger partial charge in [-0.05, 0) is 59.1 Å². The number of ether oxygens (including phenoxy) is 1. The quantitative estimate of drug-likeness (QED) is 0.630. The van der Waals surface area contributed by atoms with E-state index in [0.717, 1.165) is 25.8 Å². The summed E-state index contributed by atoms with van der Waals surface area (Å²) in [5.74, 6) is 0. The van der Waals surface area contributed by atoms with Crippen LogP contribution in [0.15, 0.2) is 23.3 Å². The lowest BCUT2D eigenvalue weighted by Gasteiger charge is -2.21. The number of aliphatic hydroxyl groups excluding tert-OH is 1. The Kier molecular flexibility index (Phi) is 7.79. The number of hydrogen-bond donors (Lipinski definition) is 3. The molecule has 1 aliphatic rings. The van der Waals surface area contributed by atoms with Crippen molar-refractivity contribution in [1.82, 2.24) is 10.6 Å². The minimum atomic E-state index is -0.473. The average molecular weight is 324 g/mol. The highest BCUT2D eigenvalue weighted by molar-refractivity contribution is 5.67. The van der Waals surface area contributed by atoms with Gasteiger partial charge in [-0.15, -0.1) is 0 Å². The highest BCUT2D eigenvalue weighted by atomic mass is 16.6. The molecule has 1 amide bonds. The van der Waals surface area contributed by atoms with Crippen LogP contribution < -0.4 is 10.6 Å². The average Bonchev–Trinajstić information content (AvgIpc) is 2.68. The number of allylic oxidation sites excluding steroid dienone is 1. The van der Waals surface area contributed by atoms with E-state index < -0.39 is 5.60 Å². The molecule has 0 spiro atoms. The van der Waals surface area contributed by atoms with Gasteiger partial charge in [0.05, 0.1) is 12.1 Å². The molecule has 0 aromatic rings. The van der Waals surface area contributed by atoms with Gasteiger partial charge in [-0.1, -0.05) is 24.6 Å². The smallest absolute Gasteiger partial charge is 0.407 e. The van der Waals surface area contributed by atoms with Gasteiger partial charge < -0.3 is 20.5 Å². The normalized spacial score (nSPS) is 22.0. The van der Waals surface area contributed by atoms with Crippen molar-refractivity contribution < 1.29 is 14.6 Å². The van der Waals surface area contributed by atoms with E-state index in [9.17, 15) is 9.90 Å². The molecule has 0 bridgehead atoms. The van der Waals surface area contributed by atoms with Gasteiger partial charge in [0.2, 0.25) is 0 Å². The van der Waals surface area contributed by atoms with E-state index in [1.807, 2.05) is 20.8 Å². The van der Waals surface area contributed by atoms with Gasteiger partial charge in [-0.25, -0.2) is 4.79 Å². The first kappa shape index (κ1) is 19.7. The van der Waals surface area contributed by atoms with Crippen LogP contribution in [0.2, 0.25) is 0 Å². The van der Waals surface area contributed by atoms with Crippen molar-refractivity contribution in [2.24, 2.45) is 0 Å². The summed E-state index contributed by atoms with van der Waals surface area (Å²) in [4.78, 5) is 11.5. The van der Waals surface area contributed by atoms with Crippen LogP contribution in [0.4, 0.5) is 4.79 Å². The summed E-state index contributed by atoms with van der Waals surface area (Å²) < 4.78 is 5.18. The third-order valence-corrected chi connectivity index (χ3v) is 3.65. The van der Waals surface area contributed by atoms with Gasteiger partial charge in [0, 0.05) is 6.54 Å². The van der Waals surface area contributed by atoms with Crippen molar-refractivity contribution in [3.05, 3.63) is 23.3 Å². The van der Waals surface area contributed by atoms with Gasteiger partial charge in [0.1, 0.15) is 5.60 Å². The summed E-state index contributed by atoms with van der Waals surface area (Å²) in [5.41, 5.74) is 1.96. The Morgan fingerprint density at radius 3 is 2.70 bits per heavy atom. The number of carbonyl (C=O) groups excluding carboxylic acids is 1. The van der Waals surface area contributed by atoms with Crippen LogP contribution in [0.3, 0.4) is 0 Å². The molecule has 0 saturated carbocycles. The van der Waals surface area contributed by atoms with Crippen LogP contribution in [0.25, 0.3) is 0 Å². The fourth-order valence-corrected chi connectivity index (χ4v) is 2.61. The maximum atomic E-state index is 11.5. The first-order valence-corrected chi connectivity index (χ1v) is 8.49. The van der Waals surface area contributed by atoms with Crippen molar-refractivity contribution in [3.8, 4) is 0 Å². The molecule has 1 aliphatic carbocycles. The molecule has 0 aromatic carbocycles. The van der Waals surface area contributed by atoms with Crippen LogP contribution in [-0.4, -0.2) is 42.0 Å². The lowest BCUT2D eigenvalue weighted by molar-refractivity contribution is 0.0527. The monoisotopic (exact) mass is 324 g/mol. The van der Waals surface area contributed by atoms with Crippen molar-refractivity contribution in [2.45, 2.75) is 71.6 Å². The molecule has 5 nitrogen and oxygen atoms in total. The molecule has 0 radical (unpaired) electrons. The number of carbonyl (C=O) groups is 1. The fourth-order valence-electron chi connectivity index (χ4n) is 2.61. The summed E-state index contributed by atoms with van der Waals surface area (Å²) >= 11 is 0. The first-order chi connectivity index (χ1) is 10.7. The van der Waals surface area contributed by atoms with Crippen LogP contribution in [-0.2, 0) is 4.74 Å². The maximum Gasteiger partial charge on any atom is 0.407 e. The molecule has 23 heavy (non-hydrogen) atoms. The molecular formula is C18H32N2O3. The van der Waals surface area contributed by atoms with Crippen LogP contribution >= 0.6 is 0 Å². The van der Waals surface area contributed by atoms with E-state index in [0.29, 0.717) is 6.54 Å². The summed E-state index contributed by atoms with van der Waals surface area (Å²) in [7, 11) is 0. The van der Waals surface area contributed by atoms with Crippen LogP contribution in [0.1, 0.15) is 53.9 Å². The summed E-state index contributed by atoms with van der Waals surface area (Å²) in [6.45, 7) is 11.0. The Morgan fingerprint density at radius 1 is 1.39 bits per heavy atom. The highest BCUT2D eigenvalue weighted by Crippen LogP contribution is 2.27. The second kappa shape index (κ2) is 9.08. The van der Waals surface area contributed by atoms with Crippen molar-refractivity contribution in [2.75, 3.05) is 13.1 Å². The topological polar surface area (TPSA) is 70.6 Å². The third-order valence-electron chi connectivity index (χ3n) is 3.65. The van der Waals surface area contributed by atoms with Crippen molar-refractivity contribution in [3.63, 3.8) is 0 Å². The standard InChI is InChI=1S/C18H32N2O3/c1-6-7-9-14-13(2)12-15(21)16(14)19-10-8-11-20-17(22)23-18(3,4)5/h7,9,15-16,19,21H,6,8,10-12H2,1-5H3,(H,20,22)/b9-7-/t15?,16-/m1/s1. The molecule has 132 valence electrons. The third kappa shape index (κ3) is 7.18. The lowest BCUT2D eigenvalue weighted by Crippen LogP contribution is -2.39. The van der Waals surface area contributed by atoms with Crippen molar-refractivity contribution in [1.29, 1.82) is 0 Å². The van der Waals surface area contributed by atoms with Gasteiger partial charge in [0.15, 0.2) is 0 Å². The Morgan fingerprint density at radius 2 is 2.09 bits per heavy atom. The molecule has 0 saturated heterocycles. The van der Waals surface area contributed by atoms with Gasteiger partial charge in [0.25, 0.3) is 0 Å². The number of nitrogens with one attached hydrogen (secondary N) is 2. The predicted octanol–water partition coefficient (Wildman–Crippen LogP) is 2.91. The summed E-state index contributed by atoms with van der Waals surface area (Å²) in [6, 6.07) is -0.0145. The molecule has 0 heterocycles. The Bertz CT molecular complexity index is 450. The first-order valence-electron chi connectivity index (χ1n) is 8.49. The zero-order chi connectivity index (χ0) is 17.5. The molecular weight excluding hydrogens is 292 g/mol. The van der Waals surface area contributed by atoms with E-state index in [4.69, 9.17) is 4.74 Å². The number of amides is 1. The van der Waals surface area contributed by atoms with Gasteiger partial charge in [-0.3, -0.25) is 0 Å². The number of hydrogen-bond acceptors (Lipinski definition) is 4. The maximum absolute atomic E-state index is 11.5. The number of alkyl carbamates (subject to hydrolysis) is 1. The molecule has 1 rings (SSSR count). The summed E-state index contributed by atoms with van der Waals surface area (Å²) in [5, 5.41) is 16.3. The van der Waals surface area contributed by atoms with Crippen LogP contribution in [0.5, 0.6) is 0 Å². The van der Waals surface area contributed by atoms with E-state index >= 15 is 0 Å². The van der Waals surface area contributed by atoms with E-state index in [1.54, 1.807) is 0 Å². The zero-order valence-corrected chi connectivity index (χ0v) is 15.1. The number of aliphatic hydroxyl groups is 1. The largest absolute Gasteiger partial charge is 0.444 e. The van der Waals surface area contributed by atoms with E-state index in [1.165, 1.54) is 11.1 Å². The molecule has 0 aromatic heterocycles. The lowest BCUT2D eigenvalue weighted by atomic mass is 10.1. The molecule has 2 atom stereocenters. The fraction of sp³-hybridized carbons (Fsp3) is 0.722. The Hall–Kier alpha value is -1.33. The minimum Gasteiger partial charge on any atom is -0.444 e. The molecule has 3 N–H and O–H groups in total. The number of rotatable bonds is 7. The Balaban J connectivity index is 2.32. The zero-order valence-electron chi connectivity index (χ0n) is 15.1. The Labute approximate surface area is 140 Å². The molecule has 0 aliphatic heterocycles.